The van der Waals surface area contributed by atoms with Gasteiger partial charge in [-0.15, -0.1) is 0 Å². The topological polar surface area (TPSA) is 58.0 Å². The van der Waals surface area contributed by atoms with Crippen LogP contribution in [0, 0.1) is 11.8 Å². The molecule has 0 saturated heterocycles. The lowest BCUT2D eigenvalue weighted by atomic mass is 9.97. The Balaban J connectivity index is 2.00. The molecule has 96 valence electrons. The number of aromatic nitrogens is 2. The van der Waals surface area contributed by atoms with Crippen LogP contribution in [0.3, 0.4) is 0 Å². The molecule has 17 heavy (non-hydrogen) atoms. The zero-order valence-electron chi connectivity index (χ0n) is 10.7. The van der Waals surface area contributed by atoms with Gasteiger partial charge in [0.15, 0.2) is 0 Å². The maximum atomic E-state index is 9.50. The van der Waals surface area contributed by atoms with Gasteiger partial charge in [0, 0.05) is 18.0 Å². The van der Waals surface area contributed by atoms with E-state index in [9.17, 15) is 5.11 Å². The van der Waals surface area contributed by atoms with E-state index in [2.05, 4.69) is 35.4 Å². The van der Waals surface area contributed by atoms with Crippen LogP contribution >= 0.6 is 11.5 Å². The van der Waals surface area contributed by atoms with Crippen LogP contribution < -0.4 is 5.32 Å². The summed E-state index contributed by atoms with van der Waals surface area (Å²) in [5.41, 5.74) is -0.228. The second-order valence-corrected chi connectivity index (χ2v) is 6.34. The number of nitrogens with zero attached hydrogens (tertiary/aromatic N) is 2. The van der Waals surface area contributed by atoms with Crippen molar-refractivity contribution >= 4 is 16.7 Å². The zero-order chi connectivity index (χ0) is 12.5. The van der Waals surface area contributed by atoms with E-state index >= 15 is 0 Å². The third-order valence-corrected chi connectivity index (χ3v) is 3.93. The molecule has 1 heterocycles. The van der Waals surface area contributed by atoms with Crippen LogP contribution in [0.4, 0.5) is 5.13 Å². The number of anilines is 1. The van der Waals surface area contributed by atoms with E-state index in [0.717, 1.165) is 17.4 Å². The Hall–Kier alpha value is -0.680. The van der Waals surface area contributed by atoms with E-state index in [4.69, 9.17) is 0 Å². The molecule has 1 fully saturated rings. The van der Waals surface area contributed by atoms with Crippen molar-refractivity contribution in [3.05, 3.63) is 5.82 Å². The van der Waals surface area contributed by atoms with Crippen molar-refractivity contribution < 1.29 is 5.11 Å². The fraction of sp³-hybridized carbons (Fsp3) is 0.833. The van der Waals surface area contributed by atoms with E-state index in [0.29, 0.717) is 11.8 Å². The van der Waals surface area contributed by atoms with Gasteiger partial charge in [0.2, 0.25) is 5.13 Å². The molecule has 0 aliphatic heterocycles. The zero-order valence-corrected chi connectivity index (χ0v) is 11.5. The number of nitrogens with one attached hydrogen (secondary N) is 1. The largest absolute Gasteiger partial charge is 0.394 e. The summed E-state index contributed by atoms with van der Waals surface area (Å²) in [5.74, 6) is 2.05. The molecule has 4 nitrogen and oxygen atoms in total. The fourth-order valence-electron chi connectivity index (χ4n) is 1.99. The standard InChI is InChI=1S/C12H21N3OS/c1-8(2)6-10-13-11(17-15-10)14-12(3,7-16)9-4-5-9/h8-9,16H,4-7H2,1-3H3,(H,13,14,15). The molecule has 5 heteroatoms. The van der Waals surface area contributed by atoms with E-state index in [-0.39, 0.29) is 12.1 Å². The summed E-state index contributed by atoms with van der Waals surface area (Å²) >= 11 is 1.40. The fourth-order valence-corrected chi connectivity index (χ4v) is 2.72. The van der Waals surface area contributed by atoms with Crippen LogP contribution in [-0.4, -0.2) is 26.6 Å². The molecular weight excluding hydrogens is 234 g/mol. The van der Waals surface area contributed by atoms with Crippen LogP contribution in [0.25, 0.3) is 0 Å². The van der Waals surface area contributed by atoms with Crippen LogP contribution in [0.5, 0.6) is 0 Å². The van der Waals surface area contributed by atoms with Crippen LogP contribution in [0.15, 0.2) is 0 Å². The van der Waals surface area contributed by atoms with Crippen LogP contribution in [0.1, 0.15) is 39.4 Å². The normalized spacial score (nSPS) is 19.4. The molecule has 2 N–H and O–H groups in total. The predicted molar refractivity (Wildman–Crippen MR) is 70.3 cm³/mol. The van der Waals surface area contributed by atoms with Gasteiger partial charge in [-0.2, -0.15) is 4.37 Å². The van der Waals surface area contributed by atoms with Crippen molar-refractivity contribution in [3.63, 3.8) is 0 Å². The van der Waals surface area contributed by atoms with Crippen molar-refractivity contribution in [1.29, 1.82) is 0 Å². The highest BCUT2D eigenvalue weighted by molar-refractivity contribution is 7.09. The number of aliphatic hydroxyl groups is 1. The van der Waals surface area contributed by atoms with Gasteiger partial charge >= 0.3 is 0 Å². The Morgan fingerprint density at radius 1 is 1.53 bits per heavy atom. The molecule has 0 spiro atoms. The maximum Gasteiger partial charge on any atom is 0.203 e. The summed E-state index contributed by atoms with van der Waals surface area (Å²) < 4.78 is 4.34. The van der Waals surface area contributed by atoms with Crippen molar-refractivity contribution in [3.8, 4) is 0 Å². The predicted octanol–water partition coefficient (Wildman–Crippen LogP) is 2.31. The molecular formula is C12H21N3OS. The lowest BCUT2D eigenvalue weighted by molar-refractivity contribution is 0.206. The number of hydrogen-bond acceptors (Lipinski definition) is 5. The second-order valence-electron chi connectivity index (χ2n) is 5.59. The minimum absolute atomic E-state index is 0.150. The van der Waals surface area contributed by atoms with Gasteiger partial charge in [0.25, 0.3) is 0 Å². The van der Waals surface area contributed by atoms with Crippen molar-refractivity contribution in [2.24, 2.45) is 11.8 Å². The van der Waals surface area contributed by atoms with Gasteiger partial charge < -0.3 is 10.4 Å². The quantitative estimate of drug-likeness (QED) is 0.819. The average molecular weight is 255 g/mol. The number of rotatable bonds is 6. The molecule has 1 aliphatic carbocycles. The molecule has 1 aromatic rings. The minimum atomic E-state index is -0.228. The van der Waals surface area contributed by atoms with Crippen molar-refractivity contribution in [2.75, 3.05) is 11.9 Å². The summed E-state index contributed by atoms with van der Waals surface area (Å²) in [6.45, 7) is 6.54. The molecule has 0 aromatic carbocycles. The Kier molecular flexibility index (Phi) is 3.68. The molecule has 1 saturated carbocycles. The number of hydrogen-bond donors (Lipinski definition) is 2. The summed E-state index contributed by atoms with van der Waals surface area (Å²) in [5, 5.41) is 13.7. The lowest BCUT2D eigenvalue weighted by Gasteiger charge is -2.28. The third kappa shape index (κ3) is 3.16. The lowest BCUT2D eigenvalue weighted by Crippen LogP contribution is -2.41. The Labute approximate surface area is 107 Å². The highest BCUT2D eigenvalue weighted by Crippen LogP contribution is 2.41. The van der Waals surface area contributed by atoms with Gasteiger partial charge in [0.1, 0.15) is 5.82 Å². The first-order chi connectivity index (χ1) is 8.03. The van der Waals surface area contributed by atoms with Gasteiger partial charge in [-0.05, 0) is 31.6 Å². The highest BCUT2D eigenvalue weighted by atomic mass is 32.1. The summed E-state index contributed by atoms with van der Waals surface area (Å²) in [7, 11) is 0. The summed E-state index contributed by atoms with van der Waals surface area (Å²) in [4.78, 5) is 4.48. The molecule has 1 aromatic heterocycles. The van der Waals surface area contributed by atoms with Gasteiger partial charge in [-0.25, -0.2) is 4.98 Å². The van der Waals surface area contributed by atoms with Crippen LogP contribution in [0.2, 0.25) is 0 Å². The van der Waals surface area contributed by atoms with Crippen molar-refractivity contribution in [1.82, 2.24) is 9.36 Å². The molecule has 1 unspecified atom stereocenters. The van der Waals surface area contributed by atoms with E-state index in [1.165, 1.54) is 24.4 Å². The Bertz CT molecular complexity index is 376. The Morgan fingerprint density at radius 3 is 2.76 bits per heavy atom. The van der Waals surface area contributed by atoms with Crippen molar-refractivity contribution in [2.45, 2.75) is 45.6 Å². The molecule has 1 aliphatic rings. The smallest absolute Gasteiger partial charge is 0.203 e. The van der Waals surface area contributed by atoms with E-state index < -0.39 is 0 Å². The number of aliphatic hydroxyl groups excluding tert-OH is 1. The third-order valence-electron chi connectivity index (χ3n) is 3.26. The Morgan fingerprint density at radius 2 is 2.24 bits per heavy atom. The van der Waals surface area contributed by atoms with Gasteiger partial charge in [-0.3, -0.25) is 0 Å². The molecule has 2 rings (SSSR count). The molecule has 0 radical (unpaired) electrons. The van der Waals surface area contributed by atoms with Gasteiger partial charge in [0.05, 0.1) is 12.1 Å². The summed E-state index contributed by atoms with van der Waals surface area (Å²) in [6, 6.07) is 0. The monoisotopic (exact) mass is 255 g/mol. The molecule has 1 atom stereocenters. The minimum Gasteiger partial charge on any atom is -0.394 e. The maximum absolute atomic E-state index is 9.50. The SMILES string of the molecule is CC(C)Cc1nsc(NC(C)(CO)C2CC2)n1. The first kappa shape index (κ1) is 12.8. The van der Waals surface area contributed by atoms with Gasteiger partial charge in [-0.1, -0.05) is 13.8 Å². The summed E-state index contributed by atoms with van der Waals surface area (Å²) in [6.07, 6.45) is 3.31. The second kappa shape index (κ2) is 4.90. The van der Waals surface area contributed by atoms with E-state index in [1.54, 1.807) is 0 Å². The first-order valence-corrected chi connectivity index (χ1v) is 7.02. The average Bonchev–Trinajstić information content (AvgIpc) is 3.03. The van der Waals surface area contributed by atoms with E-state index in [1.807, 2.05) is 0 Å². The van der Waals surface area contributed by atoms with Crippen LogP contribution in [-0.2, 0) is 6.42 Å². The first-order valence-electron chi connectivity index (χ1n) is 6.25. The highest BCUT2D eigenvalue weighted by Gasteiger charge is 2.41. The molecule has 0 bridgehead atoms. The molecule has 0 amide bonds.